The summed E-state index contributed by atoms with van der Waals surface area (Å²) >= 11 is 0. The molecule has 1 aliphatic rings. The molecular weight excluding hydrogens is 403 g/mol. The minimum absolute atomic E-state index is 0.227. The maximum atomic E-state index is 14.2. The smallest absolute Gasteiger partial charge is 0.192 e. The third-order valence-electron chi connectivity index (χ3n) is 6.76. The molecule has 0 heterocycles. The minimum Gasteiger partial charge on any atom is -0.414 e. The lowest BCUT2D eigenvalue weighted by molar-refractivity contribution is 0.156. The Morgan fingerprint density at radius 3 is 2.03 bits per heavy atom. The average Bonchev–Trinajstić information content (AvgIpc) is 2.72. The molecule has 0 aromatic heterocycles. The van der Waals surface area contributed by atoms with E-state index in [-0.39, 0.29) is 5.04 Å². The molecule has 0 spiro atoms. The van der Waals surface area contributed by atoms with Crippen LogP contribution in [-0.4, -0.2) is 20.6 Å². The molecule has 0 aliphatic heterocycles. The third kappa shape index (κ3) is 5.44. The summed E-state index contributed by atoms with van der Waals surface area (Å²) in [6.07, 6.45) is 7.53. The van der Waals surface area contributed by atoms with E-state index in [1.807, 2.05) is 60.7 Å². The topological polar surface area (TPSA) is 26.3 Å². The second kappa shape index (κ2) is 9.38. The Balaban J connectivity index is 1.80. The zero-order chi connectivity index (χ0) is 21.8. The highest BCUT2D eigenvalue weighted by molar-refractivity contribution is 7.78. The van der Waals surface area contributed by atoms with Crippen LogP contribution in [0.1, 0.15) is 46.5 Å². The van der Waals surface area contributed by atoms with Crippen LogP contribution in [0.4, 0.5) is 0 Å². The molecule has 2 aromatic rings. The molecule has 0 saturated heterocycles. The molecule has 1 atom stereocenters. The van der Waals surface area contributed by atoms with Crippen molar-refractivity contribution >= 4 is 26.1 Å². The van der Waals surface area contributed by atoms with Crippen molar-refractivity contribution in [1.82, 2.24) is 0 Å². The molecule has 1 saturated carbocycles. The predicted molar refractivity (Wildman–Crippen MR) is 133 cm³/mol. The summed E-state index contributed by atoms with van der Waals surface area (Å²) in [5, 5.41) is 2.11. The molecule has 0 radical (unpaired) electrons. The lowest BCUT2D eigenvalue weighted by atomic mass is 9.92. The summed E-state index contributed by atoms with van der Waals surface area (Å²) in [5.74, 6) is 0. The first-order chi connectivity index (χ1) is 14.1. The van der Waals surface area contributed by atoms with Gasteiger partial charge in [0.25, 0.3) is 0 Å². The molecule has 0 N–H and O–H groups in total. The average molecular weight is 441 g/mol. The van der Waals surface area contributed by atoms with Crippen LogP contribution in [0.25, 0.3) is 0 Å². The van der Waals surface area contributed by atoms with Crippen molar-refractivity contribution in [3.63, 3.8) is 0 Å². The molecule has 1 unspecified atom stereocenters. The largest absolute Gasteiger partial charge is 0.414 e. The van der Waals surface area contributed by atoms with E-state index in [4.69, 9.17) is 4.43 Å². The van der Waals surface area contributed by atoms with E-state index >= 15 is 0 Å². The van der Waals surface area contributed by atoms with Crippen LogP contribution < -0.4 is 10.6 Å². The lowest BCUT2D eigenvalue weighted by Gasteiger charge is -2.40. The SMILES string of the molecule is CC(C)(C)[Si](C)(C)OC1CCC/C(=C/CP(=O)(c2ccccc2)c2ccccc2)C1. The zero-order valence-corrected chi connectivity index (χ0v) is 21.1. The van der Waals surface area contributed by atoms with Crippen molar-refractivity contribution in [2.24, 2.45) is 0 Å². The van der Waals surface area contributed by atoms with Gasteiger partial charge in [0.15, 0.2) is 8.32 Å². The van der Waals surface area contributed by atoms with Gasteiger partial charge in [0, 0.05) is 22.9 Å². The highest BCUT2D eigenvalue weighted by atomic mass is 31.2. The van der Waals surface area contributed by atoms with Gasteiger partial charge < -0.3 is 8.99 Å². The molecule has 162 valence electrons. The van der Waals surface area contributed by atoms with Crippen LogP contribution in [0, 0.1) is 0 Å². The van der Waals surface area contributed by atoms with Crippen LogP contribution in [0.5, 0.6) is 0 Å². The van der Waals surface area contributed by atoms with Gasteiger partial charge in [-0.3, -0.25) is 0 Å². The fourth-order valence-corrected chi connectivity index (χ4v) is 7.82. The van der Waals surface area contributed by atoms with E-state index in [2.05, 4.69) is 39.9 Å². The molecule has 1 fully saturated rings. The molecular formula is C26H37O2PSi. The molecule has 0 bridgehead atoms. The van der Waals surface area contributed by atoms with Crippen molar-refractivity contribution in [3.8, 4) is 0 Å². The molecule has 4 heteroatoms. The van der Waals surface area contributed by atoms with Gasteiger partial charge >= 0.3 is 0 Å². The van der Waals surface area contributed by atoms with E-state index in [1.165, 1.54) is 5.57 Å². The van der Waals surface area contributed by atoms with Crippen molar-refractivity contribution < 1.29 is 8.99 Å². The van der Waals surface area contributed by atoms with E-state index in [9.17, 15) is 4.57 Å². The van der Waals surface area contributed by atoms with Crippen LogP contribution >= 0.6 is 7.14 Å². The summed E-state index contributed by atoms with van der Waals surface area (Å²) in [5.41, 5.74) is 1.41. The van der Waals surface area contributed by atoms with Crippen molar-refractivity contribution in [2.75, 3.05) is 6.16 Å². The van der Waals surface area contributed by atoms with Gasteiger partial charge in [-0.15, -0.1) is 0 Å². The Labute approximate surface area is 184 Å². The quantitative estimate of drug-likeness (QED) is 0.278. The minimum atomic E-state index is -2.69. The Morgan fingerprint density at radius 2 is 1.53 bits per heavy atom. The van der Waals surface area contributed by atoms with Crippen LogP contribution in [0.2, 0.25) is 18.1 Å². The Bertz CT molecular complexity index is 854. The van der Waals surface area contributed by atoms with Crippen LogP contribution in [0.3, 0.4) is 0 Å². The monoisotopic (exact) mass is 440 g/mol. The van der Waals surface area contributed by atoms with E-state index in [1.54, 1.807) is 0 Å². The molecule has 30 heavy (non-hydrogen) atoms. The molecule has 1 aliphatic carbocycles. The zero-order valence-electron chi connectivity index (χ0n) is 19.2. The Hall–Kier alpha value is -1.41. The van der Waals surface area contributed by atoms with E-state index in [0.717, 1.165) is 36.3 Å². The van der Waals surface area contributed by atoms with E-state index < -0.39 is 15.5 Å². The predicted octanol–water partition coefficient (Wildman–Crippen LogP) is 6.89. The fourth-order valence-electron chi connectivity index (χ4n) is 3.89. The first-order valence-corrected chi connectivity index (χ1v) is 16.0. The maximum absolute atomic E-state index is 14.2. The number of allylic oxidation sites excluding steroid dienone is 1. The number of rotatable bonds is 6. The first-order valence-electron chi connectivity index (χ1n) is 11.2. The standard InChI is InChI=1S/C26H37O2PSi/c1-26(2,3)30(4,5)28-23-14-12-13-22(21-23)19-20-29(27,24-15-8-6-9-16-24)25-17-10-7-11-18-25/h6-11,15-19,23H,12-14,20-21H2,1-5H3/b22-19-. The van der Waals surface area contributed by atoms with Crippen molar-refractivity contribution in [3.05, 3.63) is 72.3 Å². The number of hydrogen-bond donors (Lipinski definition) is 0. The fraction of sp³-hybridized carbons (Fsp3) is 0.462. The van der Waals surface area contributed by atoms with Crippen LogP contribution in [-0.2, 0) is 8.99 Å². The van der Waals surface area contributed by atoms with Gasteiger partial charge in [-0.1, -0.05) is 93.1 Å². The van der Waals surface area contributed by atoms with Gasteiger partial charge in [0.1, 0.15) is 7.14 Å². The molecule has 2 aromatic carbocycles. The van der Waals surface area contributed by atoms with Crippen LogP contribution in [0.15, 0.2) is 72.3 Å². The summed E-state index contributed by atoms with van der Waals surface area (Å²) < 4.78 is 20.9. The second-order valence-electron chi connectivity index (χ2n) is 10.1. The highest BCUT2D eigenvalue weighted by Gasteiger charge is 2.39. The maximum Gasteiger partial charge on any atom is 0.192 e. The van der Waals surface area contributed by atoms with Gasteiger partial charge in [0.2, 0.25) is 0 Å². The molecule has 0 amide bonds. The van der Waals surface area contributed by atoms with Gasteiger partial charge in [-0.05, 0) is 43.8 Å². The summed E-state index contributed by atoms with van der Waals surface area (Å²) in [6.45, 7) is 11.6. The second-order valence-corrected chi connectivity index (χ2v) is 17.7. The highest BCUT2D eigenvalue weighted by Crippen LogP contribution is 2.44. The first kappa shape index (κ1) is 23.3. The normalized spacial score (nSPS) is 19.8. The molecule has 2 nitrogen and oxygen atoms in total. The van der Waals surface area contributed by atoms with E-state index in [0.29, 0.717) is 12.3 Å². The Morgan fingerprint density at radius 1 is 1.00 bits per heavy atom. The lowest BCUT2D eigenvalue weighted by Crippen LogP contribution is -2.44. The van der Waals surface area contributed by atoms with Gasteiger partial charge in [0.05, 0.1) is 0 Å². The van der Waals surface area contributed by atoms with Gasteiger partial charge in [-0.25, -0.2) is 0 Å². The van der Waals surface area contributed by atoms with Crippen molar-refractivity contribution in [1.29, 1.82) is 0 Å². The van der Waals surface area contributed by atoms with Gasteiger partial charge in [-0.2, -0.15) is 0 Å². The number of benzene rings is 2. The van der Waals surface area contributed by atoms with Crippen molar-refractivity contribution in [2.45, 2.75) is 70.7 Å². The summed E-state index contributed by atoms with van der Waals surface area (Å²) in [7, 11) is -4.46. The summed E-state index contributed by atoms with van der Waals surface area (Å²) in [4.78, 5) is 0. The number of hydrogen-bond acceptors (Lipinski definition) is 2. The molecule has 3 rings (SSSR count). The third-order valence-corrected chi connectivity index (χ3v) is 14.3. The Kier molecular flexibility index (Phi) is 7.27. The summed E-state index contributed by atoms with van der Waals surface area (Å²) in [6, 6.07) is 20.0.